The van der Waals surface area contributed by atoms with Crippen LogP contribution in [0.2, 0.25) is 0 Å². The molecule has 2 N–H and O–H groups in total. The van der Waals surface area contributed by atoms with Crippen molar-refractivity contribution in [2.75, 3.05) is 6.61 Å². The Hall–Kier alpha value is -3.06. The van der Waals surface area contributed by atoms with Crippen molar-refractivity contribution in [3.8, 4) is 22.4 Å². The molecule has 0 aliphatic heterocycles. The summed E-state index contributed by atoms with van der Waals surface area (Å²) < 4.78 is 15.1. The minimum Gasteiger partial charge on any atom is -0.481 e. The van der Waals surface area contributed by atoms with Gasteiger partial charge >= 0.3 is 5.97 Å². The molecule has 4 rings (SSSR count). The lowest BCUT2D eigenvalue weighted by Gasteiger charge is -2.09. The topological polar surface area (TPSA) is 88.2 Å². The molecule has 1 aromatic carbocycles. The second-order valence-electron chi connectivity index (χ2n) is 6.59. The van der Waals surface area contributed by atoms with Crippen LogP contribution in [0.4, 0.5) is 4.39 Å². The van der Waals surface area contributed by atoms with E-state index in [1.165, 1.54) is 12.1 Å². The summed E-state index contributed by atoms with van der Waals surface area (Å²) in [6.07, 6.45) is 3.87. The van der Waals surface area contributed by atoms with Crippen molar-refractivity contribution in [3.63, 3.8) is 0 Å². The molecule has 2 aromatic heterocycles. The van der Waals surface area contributed by atoms with Crippen molar-refractivity contribution in [2.45, 2.75) is 18.9 Å². The summed E-state index contributed by atoms with van der Waals surface area (Å²) in [7, 11) is 0. The maximum absolute atomic E-state index is 13.4. The quantitative estimate of drug-likeness (QED) is 0.699. The first kappa shape index (κ1) is 17.4. The van der Waals surface area contributed by atoms with Gasteiger partial charge in [-0.1, -0.05) is 0 Å². The number of hydrogen-bond donors (Lipinski definition) is 2. The number of carboxylic acids is 1. The molecule has 0 saturated heterocycles. The minimum absolute atomic E-state index is 0.113. The maximum atomic E-state index is 13.4. The molecule has 3 aromatic rings. The van der Waals surface area contributed by atoms with Crippen LogP contribution in [0, 0.1) is 11.7 Å². The number of aromatic nitrogens is 3. The van der Waals surface area contributed by atoms with E-state index in [9.17, 15) is 19.4 Å². The Morgan fingerprint density at radius 1 is 1.15 bits per heavy atom. The molecule has 1 fully saturated rings. The van der Waals surface area contributed by atoms with Crippen molar-refractivity contribution in [1.29, 1.82) is 0 Å². The van der Waals surface area contributed by atoms with Gasteiger partial charge in [0.1, 0.15) is 11.5 Å². The summed E-state index contributed by atoms with van der Waals surface area (Å²) in [6, 6.07) is 9.72. The van der Waals surface area contributed by atoms with E-state index >= 15 is 0 Å². The first-order chi connectivity index (χ1) is 13.1. The first-order valence-electron chi connectivity index (χ1n) is 8.71. The predicted molar refractivity (Wildman–Crippen MR) is 96.4 cm³/mol. The molecule has 1 aliphatic rings. The molecule has 0 spiro atoms. The molecular formula is C20H18FN3O3. The van der Waals surface area contributed by atoms with E-state index in [0.717, 1.165) is 22.4 Å². The number of aliphatic hydroxyl groups is 1. The van der Waals surface area contributed by atoms with Crippen molar-refractivity contribution >= 4 is 5.97 Å². The fourth-order valence-electron chi connectivity index (χ4n) is 3.50. The van der Waals surface area contributed by atoms with Gasteiger partial charge in [-0.15, -0.1) is 0 Å². The number of hydrogen-bond acceptors (Lipinski definition) is 4. The molecule has 2 atom stereocenters. The Kier molecular flexibility index (Phi) is 4.45. The van der Waals surface area contributed by atoms with Crippen LogP contribution in [-0.2, 0) is 11.3 Å². The zero-order valence-corrected chi connectivity index (χ0v) is 14.4. The van der Waals surface area contributed by atoms with Gasteiger partial charge in [0.25, 0.3) is 0 Å². The summed E-state index contributed by atoms with van der Waals surface area (Å²) >= 11 is 0. The average Bonchev–Trinajstić information content (AvgIpc) is 3.38. The number of rotatable bonds is 6. The van der Waals surface area contributed by atoms with Crippen LogP contribution in [0.1, 0.15) is 18.0 Å². The van der Waals surface area contributed by atoms with E-state index in [4.69, 9.17) is 0 Å². The lowest BCUT2D eigenvalue weighted by molar-refractivity contribution is -0.138. The third-order valence-electron chi connectivity index (χ3n) is 4.85. The van der Waals surface area contributed by atoms with E-state index in [1.807, 2.05) is 12.1 Å². The van der Waals surface area contributed by atoms with Gasteiger partial charge in [-0.05, 0) is 48.4 Å². The molecule has 0 bridgehead atoms. The van der Waals surface area contributed by atoms with Crippen molar-refractivity contribution in [1.82, 2.24) is 14.8 Å². The minimum atomic E-state index is -0.833. The third-order valence-corrected chi connectivity index (χ3v) is 4.85. The second kappa shape index (κ2) is 6.92. The third kappa shape index (κ3) is 3.21. The largest absolute Gasteiger partial charge is 0.481 e. The van der Waals surface area contributed by atoms with Gasteiger partial charge in [0.15, 0.2) is 0 Å². The highest BCUT2D eigenvalue weighted by molar-refractivity contribution is 5.85. The highest BCUT2D eigenvalue weighted by Gasteiger charge is 2.48. The van der Waals surface area contributed by atoms with Crippen molar-refractivity contribution in [3.05, 3.63) is 60.3 Å². The molecule has 138 valence electrons. The number of aliphatic hydroxyl groups excluding tert-OH is 1. The Bertz CT molecular complexity index is 970. The molecule has 2 unspecified atom stereocenters. The molecule has 7 heteroatoms. The molecule has 1 saturated carbocycles. The van der Waals surface area contributed by atoms with Crippen LogP contribution in [0.25, 0.3) is 22.4 Å². The number of nitrogens with zero attached hydrogens (tertiary/aromatic N) is 3. The van der Waals surface area contributed by atoms with Crippen LogP contribution in [-0.4, -0.2) is 37.6 Å². The highest BCUT2D eigenvalue weighted by atomic mass is 19.1. The SMILES string of the molecule is O=C(O)C1CC1c1c(-c2ccncc2)c(-c2ccc(F)cc2)nn1CCO. The Morgan fingerprint density at radius 2 is 1.85 bits per heavy atom. The normalized spacial score (nSPS) is 18.4. The Labute approximate surface area is 154 Å². The molecule has 6 nitrogen and oxygen atoms in total. The van der Waals surface area contributed by atoms with E-state index < -0.39 is 11.9 Å². The number of pyridine rings is 1. The fourth-order valence-corrected chi connectivity index (χ4v) is 3.50. The van der Waals surface area contributed by atoms with Gasteiger partial charge in [0.2, 0.25) is 0 Å². The van der Waals surface area contributed by atoms with E-state index in [2.05, 4.69) is 10.1 Å². The number of aliphatic carboxylic acids is 1. The highest BCUT2D eigenvalue weighted by Crippen LogP contribution is 2.52. The van der Waals surface area contributed by atoms with Crippen LogP contribution >= 0.6 is 0 Å². The second-order valence-corrected chi connectivity index (χ2v) is 6.59. The molecule has 2 heterocycles. The maximum Gasteiger partial charge on any atom is 0.307 e. The molecule has 0 amide bonds. The first-order valence-corrected chi connectivity index (χ1v) is 8.71. The van der Waals surface area contributed by atoms with E-state index in [1.54, 1.807) is 29.2 Å². The standard InChI is InChI=1S/C20H18FN3O3/c21-14-3-1-13(2-4-14)18-17(12-5-7-22-8-6-12)19(24(23-18)9-10-25)15-11-16(15)20(26)27/h1-8,15-16,25H,9-11H2,(H,26,27). The smallest absolute Gasteiger partial charge is 0.307 e. The van der Waals surface area contributed by atoms with Gasteiger partial charge in [-0.25, -0.2) is 4.39 Å². The van der Waals surface area contributed by atoms with Gasteiger partial charge < -0.3 is 10.2 Å². The molecule has 1 aliphatic carbocycles. The molecule has 27 heavy (non-hydrogen) atoms. The predicted octanol–water partition coefficient (Wildman–Crippen LogP) is 2.93. The van der Waals surface area contributed by atoms with Crippen LogP contribution < -0.4 is 0 Å². The van der Waals surface area contributed by atoms with Crippen LogP contribution in [0.15, 0.2) is 48.8 Å². The number of halogens is 1. The van der Waals surface area contributed by atoms with Crippen LogP contribution in [0.3, 0.4) is 0 Å². The molecule has 0 radical (unpaired) electrons. The fraction of sp³-hybridized carbons (Fsp3) is 0.250. The molecular weight excluding hydrogens is 349 g/mol. The summed E-state index contributed by atoms with van der Waals surface area (Å²) in [6.45, 7) is 0.148. The Morgan fingerprint density at radius 3 is 2.44 bits per heavy atom. The summed E-state index contributed by atoms with van der Waals surface area (Å²) in [5.41, 5.74) is 3.84. The van der Waals surface area contributed by atoms with E-state index in [-0.39, 0.29) is 24.9 Å². The van der Waals surface area contributed by atoms with Gasteiger partial charge in [-0.3, -0.25) is 14.5 Å². The summed E-state index contributed by atoms with van der Waals surface area (Å²) in [5.74, 6) is -1.80. The Balaban J connectivity index is 1.93. The van der Waals surface area contributed by atoms with E-state index in [0.29, 0.717) is 12.1 Å². The van der Waals surface area contributed by atoms with Crippen molar-refractivity contribution in [2.24, 2.45) is 5.92 Å². The van der Waals surface area contributed by atoms with Gasteiger partial charge in [0.05, 0.1) is 24.8 Å². The summed E-state index contributed by atoms with van der Waals surface area (Å²) in [4.78, 5) is 15.5. The number of carbonyl (C=O) groups is 1. The lowest BCUT2D eigenvalue weighted by atomic mass is 9.97. The number of benzene rings is 1. The lowest BCUT2D eigenvalue weighted by Crippen LogP contribution is -2.09. The summed E-state index contributed by atoms with van der Waals surface area (Å²) in [5, 5.41) is 23.5. The van der Waals surface area contributed by atoms with Crippen LogP contribution in [0.5, 0.6) is 0 Å². The zero-order valence-electron chi connectivity index (χ0n) is 14.4. The van der Waals surface area contributed by atoms with Gasteiger partial charge in [0, 0.05) is 29.4 Å². The van der Waals surface area contributed by atoms with Gasteiger partial charge in [-0.2, -0.15) is 5.10 Å². The zero-order chi connectivity index (χ0) is 19.0. The average molecular weight is 367 g/mol. The number of carboxylic acid groups (broad SMARTS) is 1. The van der Waals surface area contributed by atoms with Crippen molar-refractivity contribution < 1.29 is 19.4 Å². The monoisotopic (exact) mass is 367 g/mol.